The van der Waals surface area contributed by atoms with Crippen LogP contribution in [0.4, 0.5) is 0 Å². The van der Waals surface area contributed by atoms with E-state index in [1.165, 1.54) is 112 Å². The summed E-state index contributed by atoms with van der Waals surface area (Å²) in [5, 5.41) is 0. The first-order chi connectivity index (χ1) is 17.8. The number of hydrogen-bond acceptors (Lipinski definition) is 0. The maximum atomic E-state index is 3.66. The minimum atomic E-state index is 0. The van der Waals surface area contributed by atoms with E-state index >= 15 is 0 Å². The van der Waals surface area contributed by atoms with Gasteiger partial charge in [-0.1, -0.05) is 86.6 Å². The quantitative estimate of drug-likeness (QED) is 0.298. The summed E-state index contributed by atoms with van der Waals surface area (Å²) in [5.74, 6) is 1.58. The molecule has 0 aliphatic heterocycles. The zero-order chi connectivity index (χ0) is 24.6. The van der Waals surface area contributed by atoms with E-state index in [2.05, 4.69) is 36.4 Å². The van der Waals surface area contributed by atoms with Crippen molar-refractivity contribution in [2.45, 2.75) is 108 Å². The topological polar surface area (TPSA) is 0 Å². The monoisotopic (exact) mass is 622 g/mol. The van der Waals surface area contributed by atoms with Gasteiger partial charge in [-0.15, -0.1) is 5.56 Å². The number of hydrogen-bond donors (Lipinski definition) is 0. The van der Waals surface area contributed by atoms with Gasteiger partial charge < -0.3 is 24.8 Å². The van der Waals surface area contributed by atoms with Gasteiger partial charge in [0, 0.05) is 0 Å². The van der Waals surface area contributed by atoms with E-state index in [0.717, 1.165) is 18.3 Å². The van der Waals surface area contributed by atoms with Crippen molar-refractivity contribution in [3.63, 3.8) is 0 Å². The molecular weight excluding hydrogens is 583 g/mol. The molecule has 3 fully saturated rings. The fourth-order valence-electron chi connectivity index (χ4n) is 6.60. The first kappa shape index (κ1) is 31.6. The normalized spacial score (nSPS) is 18.5. The van der Waals surface area contributed by atoms with Crippen LogP contribution in [0.3, 0.4) is 0 Å². The maximum Gasteiger partial charge on any atom is -0.0162 e. The van der Waals surface area contributed by atoms with Crippen molar-refractivity contribution in [1.29, 1.82) is 0 Å². The summed E-state index contributed by atoms with van der Waals surface area (Å²) >= 11 is 1.68. The molecule has 0 radical (unpaired) electrons. The first-order valence-corrected chi connectivity index (χ1v) is 15.9. The van der Waals surface area contributed by atoms with Crippen LogP contribution in [-0.4, -0.2) is 3.21 Å². The van der Waals surface area contributed by atoms with Crippen LogP contribution in [0.1, 0.15) is 124 Å². The average molecular weight is 625 g/mol. The second kappa shape index (κ2) is 16.4. The molecule has 4 aliphatic carbocycles. The van der Waals surface area contributed by atoms with E-state index in [-0.39, 0.29) is 24.8 Å². The summed E-state index contributed by atoms with van der Waals surface area (Å²) in [4.78, 5) is 0. The molecule has 4 aliphatic rings. The predicted molar refractivity (Wildman–Crippen MR) is 151 cm³/mol. The molecule has 0 spiro atoms. The van der Waals surface area contributed by atoms with Crippen LogP contribution in [-0.2, 0) is 30.7 Å². The van der Waals surface area contributed by atoms with Crippen LogP contribution in [0.5, 0.6) is 0 Å². The van der Waals surface area contributed by atoms with Crippen LogP contribution >= 0.6 is 0 Å². The Morgan fingerprint density at radius 3 is 1.79 bits per heavy atom. The molecule has 0 atom stereocenters. The average Bonchev–Trinajstić information content (AvgIpc) is 3.73. The summed E-state index contributed by atoms with van der Waals surface area (Å²) in [6.45, 7) is 0. The maximum absolute atomic E-state index is 3.66. The Balaban J connectivity index is 0.000000257. The first-order valence-electron chi connectivity index (χ1n) is 14.7. The molecule has 0 unspecified atom stereocenters. The molecule has 0 heterocycles. The second-order valence-corrected chi connectivity index (χ2v) is 13.1. The van der Waals surface area contributed by atoms with Crippen molar-refractivity contribution in [3.8, 4) is 11.1 Å². The van der Waals surface area contributed by atoms with Gasteiger partial charge in [-0.2, -0.15) is 47.5 Å². The van der Waals surface area contributed by atoms with Crippen molar-refractivity contribution in [3.05, 3.63) is 89.0 Å². The molecule has 3 aromatic rings. The van der Waals surface area contributed by atoms with E-state index in [1.807, 2.05) is 30.3 Å². The molecule has 0 N–H and O–H groups in total. The Kier molecular flexibility index (Phi) is 13.7. The molecule has 0 bridgehead atoms. The van der Waals surface area contributed by atoms with E-state index in [9.17, 15) is 0 Å². The zero-order valence-corrected chi connectivity index (χ0v) is 26.8. The van der Waals surface area contributed by atoms with Gasteiger partial charge in [0.05, 0.1) is 0 Å². The number of halogens is 2. The Bertz CT molecular complexity index is 1010. The van der Waals surface area contributed by atoms with Gasteiger partial charge in [0.25, 0.3) is 0 Å². The third-order valence-corrected chi connectivity index (χ3v) is 9.99. The largest absolute Gasteiger partial charge is 0.214 e. The van der Waals surface area contributed by atoms with E-state index in [1.54, 1.807) is 38.6 Å². The number of benzene rings is 2. The predicted octanol–water partition coefficient (Wildman–Crippen LogP) is 3.85. The van der Waals surface area contributed by atoms with Crippen LogP contribution in [0, 0.1) is 6.07 Å². The molecule has 38 heavy (non-hydrogen) atoms. The molecule has 7 rings (SSSR count). The van der Waals surface area contributed by atoms with Crippen LogP contribution < -0.4 is 24.8 Å². The van der Waals surface area contributed by atoms with Crippen molar-refractivity contribution >= 4 is 3.21 Å². The van der Waals surface area contributed by atoms with Gasteiger partial charge in [-0.25, -0.2) is 12.1 Å². The number of fused-ring (bicyclic) bond motifs is 3. The fourth-order valence-corrected chi connectivity index (χ4v) is 7.47. The van der Waals surface area contributed by atoms with Gasteiger partial charge in [0.1, 0.15) is 0 Å². The zero-order valence-electron chi connectivity index (χ0n) is 22.8. The molecule has 0 amide bonds. The van der Waals surface area contributed by atoms with Crippen LogP contribution in [0.2, 0.25) is 0 Å². The van der Waals surface area contributed by atoms with E-state index < -0.39 is 0 Å². The van der Waals surface area contributed by atoms with Crippen molar-refractivity contribution in [2.24, 2.45) is 0 Å². The fraction of sp³-hybridized carbons (Fsp3) is 0.486. The van der Waals surface area contributed by atoms with E-state index in [4.69, 9.17) is 0 Å². The van der Waals surface area contributed by atoms with Gasteiger partial charge in [0.15, 0.2) is 0 Å². The smallest absolute Gasteiger partial charge is 0.0162 e. The Labute approximate surface area is 258 Å². The Morgan fingerprint density at radius 1 is 0.684 bits per heavy atom. The number of rotatable bonds is 2. The molecule has 202 valence electrons. The SMILES string of the molecule is [Cl-].[Cl-].[Zr+2]=[C]1CCCC1.[c-]1cc(C2CCCCC2)cc2c1Cc1ccc(C3CCCCC3)cc1-2.c1cc[cH-]c1. The standard InChI is InChI=1S/C25H29.C5H8.C5H5.2ClH.Zr/c1-3-7-18(8-4-1)20-11-13-22-15-23-14-12-21(17-25(23)24(22)16-20)19-9-5-2-6-10-19;2*1-2-4-5-3-1;;;/h11-13,16-19H,1-10,15H2;1-4H2;1-5H;2*1H;/q-1;;-1;;;+2/p-2. The molecular formula is C35H42Cl2Zr-2. The molecule has 0 saturated heterocycles. The van der Waals surface area contributed by atoms with Gasteiger partial charge in [0.2, 0.25) is 0 Å². The molecule has 3 saturated carbocycles. The van der Waals surface area contributed by atoms with Crippen LogP contribution in [0.15, 0.2) is 60.7 Å². The van der Waals surface area contributed by atoms with E-state index in [0.29, 0.717) is 0 Å². The molecule has 0 aromatic heterocycles. The third-order valence-electron chi connectivity index (χ3n) is 8.76. The second-order valence-electron chi connectivity index (χ2n) is 11.4. The Morgan fingerprint density at radius 2 is 1.26 bits per heavy atom. The van der Waals surface area contributed by atoms with Crippen molar-refractivity contribution < 1.29 is 49.0 Å². The van der Waals surface area contributed by atoms with Crippen molar-refractivity contribution in [1.82, 2.24) is 0 Å². The summed E-state index contributed by atoms with van der Waals surface area (Å²) in [7, 11) is 0. The molecule has 3 aromatic carbocycles. The summed E-state index contributed by atoms with van der Waals surface area (Å²) in [6.07, 6.45) is 21.0. The third kappa shape index (κ3) is 8.56. The van der Waals surface area contributed by atoms with Gasteiger partial charge in [-0.3, -0.25) is 0 Å². The van der Waals surface area contributed by atoms with Gasteiger partial charge in [-0.05, 0) is 30.7 Å². The summed E-state index contributed by atoms with van der Waals surface area (Å²) in [5.41, 5.74) is 9.11. The molecule has 0 nitrogen and oxygen atoms in total. The van der Waals surface area contributed by atoms with Crippen molar-refractivity contribution in [2.75, 3.05) is 0 Å². The van der Waals surface area contributed by atoms with Crippen LogP contribution in [0.25, 0.3) is 11.1 Å². The van der Waals surface area contributed by atoms with Gasteiger partial charge >= 0.3 is 53.1 Å². The summed E-state index contributed by atoms with van der Waals surface area (Å²) < 4.78 is 1.79. The minimum Gasteiger partial charge on any atom is -0.214 e. The Hall–Kier alpha value is -0.877. The minimum absolute atomic E-state index is 0. The summed E-state index contributed by atoms with van der Waals surface area (Å²) in [6, 6.07) is 25.9. The molecule has 3 heteroatoms.